The van der Waals surface area contributed by atoms with Crippen LogP contribution in [0.1, 0.15) is 67.6 Å². The standard InChI is InChI=1S/C27H33NO6/c1-27(2,3)25-13-17-12-24(34-11-7-9-32-4)19(23-8-5-6-10-33-23)14-18(17)21-15-22(29)20(26(30)31)16-28(21)25/h8,12,14-16,25H,5-7,9-11,13H2,1-4H3,(H,30,31). The van der Waals surface area contributed by atoms with Crippen LogP contribution in [-0.4, -0.2) is 42.6 Å². The van der Waals surface area contributed by atoms with Crippen molar-refractivity contribution in [1.29, 1.82) is 0 Å². The van der Waals surface area contributed by atoms with Crippen LogP contribution in [0.4, 0.5) is 0 Å². The molecule has 1 aromatic heterocycles. The van der Waals surface area contributed by atoms with E-state index in [1.807, 2.05) is 10.6 Å². The van der Waals surface area contributed by atoms with Crippen LogP contribution in [0, 0.1) is 5.41 Å². The molecule has 1 aromatic carbocycles. The molecule has 2 aromatic rings. The lowest BCUT2D eigenvalue weighted by molar-refractivity contribution is 0.0693. The highest BCUT2D eigenvalue weighted by Crippen LogP contribution is 2.45. The highest BCUT2D eigenvalue weighted by Gasteiger charge is 2.34. The number of nitrogens with zero attached hydrogens (tertiary/aromatic N) is 1. The molecule has 34 heavy (non-hydrogen) atoms. The van der Waals surface area contributed by atoms with E-state index in [2.05, 4.69) is 32.9 Å². The van der Waals surface area contributed by atoms with Crippen molar-refractivity contribution in [1.82, 2.24) is 4.57 Å². The number of methoxy groups -OCH3 is 1. The van der Waals surface area contributed by atoms with Gasteiger partial charge in [0.05, 0.1) is 24.5 Å². The quantitative estimate of drug-likeness (QED) is 0.582. The summed E-state index contributed by atoms with van der Waals surface area (Å²) in [5.74, 6) is 0.332. The van der Waals surface area contributed by atoms with Gasteiger partial charge in [0.2, 0.25) is 0 Å². The minimum absolute atomic E-state index is 0.0222. The summed E-state index contributed by atoms with van der Waals surface area (Å²) < 4.78 is 19.3. The molecule has 1 atom stereocenters. The zero-order chi connectivity index (χ0) is 24.5. The van der Waals surface area contributed by atoms with E-state index in [0.717, 1.165) is 53.2 Å². The molecule has 0 radical (unpaired) electrons. The molecular weight excluding hydrogens is 434 g/mol. The Labute approximate surface area is 200 Å². The number of fused-ring (bicyclic) bond motifs is 3. The van der Waals surface area contributed by atoms with E-state index in [1.54, 1.807) is 7.11 Å². The Bertz CT molecular complexity index is 1170. The van der Waals surface area contributed by atoms with Gasteiger partial charge in [0.1, 0.15) is 17.1 Å². The fourth-order valence-corrected chi connectivity index (χ4v) is 4.69. The lowest BCUT2D eigenvalue weighted by Gasteiger charge is -2.39. The van der Waals surface area contributed by atoms with E-state index in [4.69, 9.17) is 14.2 Å². The van der Waals surface area contributed by atoms with E-state index >= 15 is 0 Å². The van der Waals surface area contributed by atoms with Crippen molar-refractivity contribution in [3.8, 4) is 17.0 Å². The summed E-state index contributed by atoms with van der Waals surface area (Å²) in [6, 6.07) is 5.53. The second kappa shape index (κ2) is 9.66. The Balaban J connectivity index is 1.89. The number of hydrogen-bond acceptors (Lipinski definition) is 5. The highest BCUT2D eigenvalue weighted by molar-refractivity contribution is 5.88. The van der Waals surface area contributed by atoms with Crippen molar-refractivity contribution in [2.75, 3.05) is 26.9 Å². The SMILES string of the molecule is COCCCOc1cc2c(cc1C1=CCCCO1)-c1cc(=O)c(C(=O)O)cn1C(C(C)(C)C)C2. The Hall–Kier alpha value is -3.06. The van der Waals surface area contributed by atoms with Gasteiger partial charge in [0.15, 0.2) is 5.43 Å². The van der Waals surface area contributed by atoms with Crippen LogP contribution in [0.3, 0.4) is 0 Å². The maximum atomic E-state index is 12.7. The van der Waals surface area contributed by atoms with Crippen LogP contribution in [0.2, 0.25) is 0 Å². The zero-order valence-corrected chi connectivity index (χ0v) is 20.3. The van der Waals surface area contributed by atoms with E-state index in [1.165, 1.54) is 12.3 Å². The number of carboxylic acids is 1. The maximum absolute atomic E-state index is 12.7. The number of benzene rings is 1. The van der Waals surface area contributed by atoms with Gasteiger partial charge in [0, 0.05) is 44.0 Å². The summed E-state index contributed by atoms with van der Waals surface area (Å²) in [4.78, 5) is 24.4. The Morgan fingerprint density at radius 1 is 1.21 bits per heavy atom. The van der Waals surface area contributed by atoms with Gasteiger partial charge >= 0.3 is 5.97 Å². The van der Waals surface area contributed by atoms with E-state index in [-0.39, 0.29) is 17.0 Å². The van der Waals surface area contributed by atoms with Crippen molar-refractivity contribution < 1.29 is 24.1 Å². The van der Waals surface area contributed by atoms with Crippen LogP contribution in [0.25, 0.3) is 17.0 Å². The molecule has 0 aliphatic carbocycles. The molecule has 2 aliphatic rings. The maximum Gasteiger partial charge on any atom is 0.341 e. The second-order valence-corrected chi connectivity index (χ2v) is 9.99. The van der Waals surface area contributed by atoms with Crippen LogP contribution in [0.15, 0.2) is 35.3 Å². The Morgan fingerprint density at radius 2 is 2.00 bits per heavy atom. The monoisotopic (exact) mass is 467 g/mol. The van der Waals surface area contributed by atoms with Gasteiger partial charge in [-0.15, -0.1) is 0 Å². The molecule has 182 valence electrons. The molecule has 0 saturated heterocycles. The number of allylic oxidation sites excluding steroid dienone is 1. The van der Waals surface area contributed by atoms with Gasteiger partial charge in [-0.2, -0.15) is 0 Å². The summed E-state index contributed by atoms with van der Waals surface area (Å²) in [7, 11) is 1.67. The van der Waals surface area contributed by atoms with Crippen LogP contribution >= 0.6 is 0 Å². The summed E-state index contributed by atoms with van der Waals surface area (Å²) in [6.45, 7) is 8.17. The Kier molecular flexibility index (Phi) is 6.84. The van der Waals surface area contributed by atoms with Gasteiger partial charge in [-0.1, -0.05) is 20.8 Å². The average molecular weight is 468 g/mol. The van der Waals surface area contributed by atoms with E-state index in [0.29, 0.717) is 26.2 Å². The number of ether oxygens (including phenoxy) is 3. The lowest BCUT2D eigenvalue weighted by atomic mass is 9.78. The molecule has 0 fully saturated rings. The molecule has 4 rings (SSSR count). The fraction of sp³-hybridized carbons (Fsp3) is 0.481. The first-order valence-corrected chi connectivity index (χ1v) is 11.8. The third-order valence-corrected chi connectivity index (χ3v) is 6.49. The van der Waals surface area contributed by atoms with Crippen LogP contribution in [-0.2, 0) is 15.9 Å². The number of pyridine rings is 1. The second-order valence-electron chi connectivity index (χ2n) is 9.99. The third kappa shape index (κ3) is 4.75. The first kappa shape index (κ1) is 24.1. The van der Waals surface area contributed by atoms with Crippen LogP contribution in [0.5, 0.6) is 5.75 Å². The minimum Gasteiger partial charge on any atom is -0.493 e. The molecule has 1 N–H and O–H groups in total. The van der Waals surface area contributed by atoms with Crippen LogP contribution < -0.4 is 10.2 Å². The zero-order valence-electron chi connectivity index (χ0n) is 20.3. The molecule has 0 amide bonds. The van der Waals surface area contributed by atoms with Gasteiger partial charge < -0.3 is 23.9 Å². The Morgan fingerprint density at radius 3 is 2.65 bits per heavy atom. The molecule has 0 spiro atoms. The number of carbonyl (C=O) groups is 1. The molecule has 2 aliphatic heterocycles. The highest BCUT2D eigenvalue weighted by atomic mass is 16.5. The molecule has 3 heterocycles. The molecule has 0 saturated carbocycles. The number of aromatic carboxylic acids is 1. The predicted molar refractivity (Wildman–Crippen MR) is 130 cm³/mol. The van der Waals surface area contributed by atoms with Crippen molar-refractivity contribution >= 4 is 11.7 Å². The average Bonchev–Trinajstić information content (AvgIpc) is 2.80. The topological polar surface area (TPSA) is 87.0 Å². The first-order valence-electron chi connectivity index (χ1n) is 11.8. The van der Waals surface area contributed by atoms with Gasteiger partial charge in [0.25, 0.3) is 0 Å². The lowest BCUT2D eigenvalue weighted by Crippen LogP contribution is -2.33. The van der Waals surface area contributed by atoms with Gasteiger partial charge in [-0.05, 0) is 48.4 Å². The molecule has 7 heteroatoms. The van der Waals surface area contributed by atoms with Crippen molar-refractivity contribution in [3.05, 3.63) is 57.4 Å². The summed E-state index contributed by atoms with van der Waals surface area (Å²) in [5, 5.41) is 9.56. The van der Waals surface area contributed by atoms with E-state index < -0.39 is 11.4 Å². The number of hydrogen-bond donors (Lipinski definition) is 1. The largest absolute Gasteiger partial charge is 0.493 e. The third-order valence-electron chi connectivity index (χ3n) is 6.49. The fourth-order valence-electron chi connectivity index (χ4n) is 4.69. The molecule has 1 unspecified atom stereocenters. The summed E-state index contributed by atoms with van der Waals surface area (Å²) >= 11 is 0. The molecule has 7 nitrogen and oxygen atoms in total. The number of aromatic nitrogens is 1. The minimum atomic E-state index is -1.21. The molecular formula is C27H33NO6. The van der Waals surface area contributed by atoms with Crippen molar-refractivity contribution in [3.63, 3.8) is 0 Å². The number of rotatable bonds is 7. The normalized spacial score (nSPS) is 17.3. The van der Waals surface area contributed by atoms with Crippen molar-refractivity contribution in [2.45, 2.75) is 52.5 Å². The summed E-state index contributed by atoms with van der Waals surface area (Å²) in [5.41, 5.74) is 2.69. The van der Waals surface area contributed by atoms with Gasteiger partial charge in [-0.3, -0.25) is 4.79 Å². The predicted octanol–water partition coefficient (Wildman–Crippen LogP) is 4.92. The van der Waals surface area contributed by atoms with E-state index in [9.17, 15) is 14.7 Å². The number of carboxylic acid groups (broad SMARTS) is 1. The first-order chi connectivity index (χ1) is 16.2. The molecule has 0 bridgehead atoms. The summed E-state index contributed by atoms with van der Waals surface area (Å²) in [6.07, 6.45) is 6.95. The van der Waals surface area contributed by atoms with Gasteiger partial charge in [-0.25, -0.2) is 4.79 Å². The smallest absolute Gasteiger partial charge is 0.341 e. The van der Waals surface area contributed by atoms with Crippen molar-refractivity contribution in [2.24, 2.45) is 5.41 Å².